The van der Waals surface area contributed by atoms with Gasteiger partial charge in [0.2, 0.25) is 11.2 Å². The van der Waals surface area contributed by atoms with E-state index >= 15 is 0 Å². The first-order valence-corrected chi connectivity index (χ1v) is 10.8. The molecule has 0 radical (unpaired) electrons. The summed E-state index contributed by atoms with van der Waals surface area (Å²) in [5, 5.41) is 0.278. The molecule has 3 aromatic carbocycles. The molecule has 1 aromatic heterocycles. The van der Waals surface area contributed by atoms with Crippen LogP contribution in [0.1, 0.15) is 29.3 Å². The average molecular weight is 458 g/mol. The average Bonchev–Trinajstić information content (AvgIpc) is 2.85. The van der Waals surface area contributed by atoms with Crippen LogP contribution in [0.3, 0.4) is 0 Å². The number of fused-ring (bicyclic) bond motifs is 1. The predicted molar refractivity (Wildman–Crippen MR) is 125 cm³/mol. The quantitative estimate of drug-likeness (QED) is 0.261. The zero-order valence-corrected chi connectivity index (χ0v) is 18.5. The lowest BCUT2D eigenvalue weighted by Gasteiger charge is -2.08. The molecule has 0 aliphatic rings. The number of hydrogen-bond donors (Lipinski definition) is 0. The summed E-state index contributed by atoms with van der Waals surface area (Å²) in [6.45, 7) is 2.27. The fourth-order valence-electron chi connectivity index (χ4n) is 3.22. The monoisotopic (exact) mass is 458 g/mol. The van der Waals surface area contributed by atoms with Gasteiger partial charge in [-0.15, -0.1) is 0 Å². The van der Waals surface area contributed by atoms with E-state index in [9.17, 15) is 14.4 Å². The van der Waals surface area contributed by atoms with E-state index < -0.39 is 11.9 Å². The molecular formula is C27H22O7. The lowest BCUT2D eigenvalue weighted by Crippen LogP contribution is -2.11. The smallest absolute Gasteiger partial charge is 0.338 e. The van der Waals surface area contributed by atoms with E-state index in [1.165, 1.54) is 24.5 Å². The lowest BCUT2D eigenvalue weighted by molar-refractivity contribution is -0.133. The van der Waals surface area contributed by atoms with Crippen LogP contribution >= 0.6 is 0 Å². The molecule has 0 atom stereocenters. The van der Waals surface area contributed by atoms with Crippen molar-refractivity contribution in [2.24, 2.45) is 0 Å². The lowest BCUT2D eigenvalue weighted by atomic mass is 10.1. The topological polar surface area (TPSA) is 92.0 Å². The Labute approximate surface area is 195 Å². The highest BCUT2D eigenvalue weighted by Crippen LogP contribution is 2.24. The summed E-state index contributed by atoms with van der Waals surface area (Å²) >= 11 is 0. The van der Waals surface area contributed by atoms with Gasteiger partial charge in [-0.05, 0) is 48.4 Å². The van der Waals surface area contributed by atoms with Crippen molar-refractivity contribution in [3.05, 3.63) is 100 Å². The molecule has 0 saturated carbocycles. The van der Waals surface area contributed by atoms with E-state index in [-0.39, 0.29) is 34.3 Å². The van der Waals surface area contributed by atoms with Crippen LogP contribution in [0.4, 0.5) is 0 Å². The Morgan fingerprint density at radius 1 is 0.912 bits per heavy atom. The fraction of sp³-hybridized carbons (Fsp3) is 0.148. The molecule has 1 heterocycles. The van der Waals surface area contributed by atoms with Crippen LogP contribution in [0, 0.1) is 0 Å². The van der Waals surface area contributed by atoms with Gasteiger partial charge in [0, 0.05) is 6.07 Å². The molecule has 7 nitrogen and oxygen atoms in total. The highest BCUT2D eigenvalue weighted by atomic mass is 16.5. The van der Waals surface area contributed by atoms with Crippen molar-refractivity contribution in [1.29, 1.82) is 0 Å². The zero-order valence-electron chi connectivity index (χ0n) is 18.5. The highest BCUT2D eigenvalue weighted by Gasteiger charge is 2.13. The third kappa shape index (κ3) is 5.50. The summed E-state index contributed by atoms with van der Waals surface area (Å²) in [6.07, 6.45) is 2.07. The van der Waals surface area contributed by atoms with Gasteiger partial charge < -0.3 is 18.6 Å². The van der Waals surface area contributed by atoms with Crippen LogP contribution in [-0.4, -0.2) is 18.5 Å². The molecule has 4 aromatic rings. The summed E-state index contributed by atoms with van der Waals surface area (Å²) in [5.74, 6) is -0.211. The van der Waals surface area contributed by atoms with Gasteiger partial charge in [0.05, 0.1) is 24.0 Å². The summed E-state index contributed by atoms with van der Waals surface area (Å²) in [4.78, 5) is 36.9. The van der Waals surface area contributed by atoms with Gasteiger partial charge in [-0.1, -0.05) is 37.3 Å². The maximum Gasteiger partial charge on any atom is 0.338 e. The molecule has 0 amide bonds. The Morgan fingerprint density at radius 2 is 1.65 bits per heavy atom. The molecule has 0 bridgehead atoms. The third-order valence-corrected chi connectivity index (χ3v) is 4.89. The van der Waals surface area contributed by atoms with E-state index in [0.29, 0.717) is 17.9 Å². The highest BCUT2D eigenvalue weighted by molar-refractivity contribution is 5.89. The van der Waals surface area contributed by atoms with Crippen LogP contribution in [0.5, 0.6) is 17.2 Å². The van der Waals surface area contributed by atoms with Crippen LogP contribution < -0.4 is 14.9 Å². The first-order chi connectivity index (χ1) is 16.5. The molecule has 34 heavy (non-hydrogen) atoms. The minimum atomic E-state index is -0.421. The van der Waals surface area contributed by atoms with Crippen LogP contribution in [-0.2, 0) is 16.0 Å². The van der Waals surface area contributed by atoms with Crippen molar-refractivity contribution < 1.29 is 28.2 Å². The Morgan fingerprint density at radius 3 is 2.38 bits per heavy atom. The van der Waals surface area contributed by atoms with E-state index in [1.807, 2.05) is 37.3 Å². The van der Waals surface area contributed by atoms with Crippen molar-refractivity contribution in [2.45, 2.75) is 19.8 Å². The number of esters is 2. The number of ether oxygens (including phenoxy) is 3. The number of hydrogen-bond acceptors (Lipinski definition) is 7. The molecule has 0 aliphatic carbocycles. The van der Waals surface area contributed by atoms with Gasteiger partial charge in [0.15, 0.2) is 0 Å². The fourth-order valence-corrected chi connectivity index (χ4v) is 3.22. The number of carbonyl (C=O) groups excluding carboxylic acids is 2. The second kappa shape index (κ2) is 10.5. The molecule has 0 fully saturated rings. The van der Waals surface area contributed by atoms with Gasteiger partial charge in [-0.2, -0.15) is 0 Å². The number of rotatable bonds is 8. The van der Waals surface area contributed by atoms with Crippen LogP contribution in [0.25, 0.3) is 11.0 Å². The molecule has 0 saturated heterocycles. The van der Waals surface area contributed by atoms with Gasteiger partial charge in [0.1, 0.15) is 23.3 Å². The Kier molecular flexibility index (Phi) is 7.03. The third-order valence-electron chi connectivity index (χ3n) is 4.89. The Hall–Kier alpha value is -4.39. The van der Waals surface area contributed by atoms with Crippen molar-refractivity contribution >= 4 is 22.9 Å². The van der Waals surface area contributed by atoms with E-state index in [1.54, 1.807) is 24.3 Å². The van der Waals surface area contributed by atoms with Crippen molar-refractivity contribution in [3.8, 4) is 17.2 Å². The largest absolute Gasteiger partial charge is 0.462 e. The van der Waals surface area contributed by atoms with Gasteiger partial charge >= 0.3 is 11.9 Å². The van der Waals surface area contributed by atoms with Crippen molar-refractivity contribution in [3.63, 3.8) is 0 Å². The van der Waals surface area contributed by atoms with Gasteiger partial charge in [-0.3, -0.25) is 9.59 Å². The van der Waals surface area contributed by atoms with E-state index in [4.69, 9.17) is 18.6 Å². The first kappa shape index (κ1) is 22.8. The van der Waals surface area contributed by atoms with Gasteiger partial charge in [0.25, 0.3) is 0 Å². The van der Waals surface area contributed by atoms with Crippen molar-refractivity contribution in [2.75, 3.05) is 6.61 Å². The van der Waals surface area contributed by atoms with Gasteiger partial charge in [-0.25, -0.2) is 4.79 Å². The molecule has 0 N–H and O–H groups in total. The predicted octanol–water partition coefficient (Wildman–Crippen LogP) is 5.30. The van der Waals surface area contributed by atoms with Crippen molar-refractivity contribution in [1.82, 2.24) is 0 Å². The zero-order chi connectivity index (χ0) is 23.9. The maximum absolute atomic E-state index is 12.8. The maximum atomic E-state index is 12.8. The van der Waals surface area contributed by atoms with E-state index in [0.717, 1.165) is 12.0 Å². The Bertz CT molecular complexity index is 1360. The molecule has 7 heteroatoms. The first-order valence-electron chi connectivity index (χ1n) is 10.8. The molecule has 0 aliphatic heterocycles. The molecule has 0 unspecified atom stereocenters. The summed E-state index contributed by atoms with van der Waals surface area (Å²) < 4.78 is 21.7. The standard InChI is InChI=1S/C27H22O7/c1-2-14-31-27(30)19-8-10-20(11-9-19)33-24-17-32-23-16-21(12-13-22(23)26(24)29)34-25(28)15-18-6-4-3-5-7-18/h3-13,16-17H,2,14-15H2,1H3. The molecule has 172 valence electrons. The normalized spacial score (nSPS) is 10.6. The minimum absolute atomic E-state index is 0.0115. The molecule has 4 rings (SSSR count). The number of carbonyl (C=O) groups is 2. The summed E-state index contributed by atoms with van der Waals surface area (Å²) in [7, 11) is 0. The Balaban J connectivity index is 1.46. The summed E-state index contributed by atoms with van der Waals surface area (Å²) in [5.41, 5.74) is 1.11. The second-order valence-electron chi connectivity index (χ2n) is 7.49. The number of benzene rings is 3. The van der Waals surface area contributed by atoms with Crippen LogP contribution in [0.2, 0.25) is 0 Å². The molecule has 0 spiro atoms. The second-order valence-corrected chi connectivity index (χ2v) is 7.49. The van der Waals surface area contributed by atoms with Crippen LogP contribution in [0.15, 0.2) is 88.3 Å². The minimum Gasteiger partial charge on any atom is -0.462 e. The SMILES string of the molecule is CCCOC(=O)c1ccc(Oc2coc3cc(OC(=O)Cc4ccccc4)ccc3c2=O)cc1. The summed E-state index contributed by atoms with van der Waals surface area (Å²) in [6, 6.07) is 20.1. The molecular weight excluding hydrogens is 436 g/mol. The van der Waals surface area contributed by atoms with E-state index in [2.05, 4.69) is 0 Å².